The maximum Gasteiger partial charge on any atom is 0.243 e. The molecule has 1 atom stereocenters. The van der Waals surface area contributed by atoms with Gasteiger partial charge in [-0.1, -0.05) is 0 Å². The number of nitrogens with zero attached hydrogens (tertiary/aromatic N) is 3. The second-order valence-corrected chi connectivity index (χ2v) is 10.5. The number of carbonyl (C=O) groups is 2. The lowest BCUT2D eigenvalue weighted by Crippen LogP contribution is -2.39. The molecule has 2 amide bonds. The summed E-state index contributed by atoms with van der Waals surface area (Å²) in [5, 5.41) is 0. The topological polar surface area (TPSA) is 91.1 Å². The predicted octanol–water partition coefficient (Wildman–Crippen LogP) is 2.25. The number of amides is 2. The van der Waals surface area contributed by atoms with Crippen LogP contribution in [0.5, 0.6) is 0 Å². The van der Waals surface area contributed by atoms with Crippen LogP contribution in [0.25, 0.3) is 0 Å². The highest BCUT2D eigenvalue weighted by Crippen LogP contribution is 2.39. The summed E-state index contributed by atoms with van der Waals surface area (Å²) in [6.45, 7) is 1.97. The number of furan rings is 1. The Balaban J connectivity index is 1.47. The van der Waals surface area contributed by atoms with Crippen molar-refractivity contribution in [2.24, 2.45) is 5.92 Å². The van der Waals surface area contributed by atoms with Gasteiger partial charge in [0.25, 0.3) is 0 Å². The first kappa shape index (κ1) is 21.6. The number of sulfonamides is 1. The van der Waals surface area contributed by atoms with Crippen molar-refractivity contribution in [3.05, 3.63) is 47.9 Å². The molecule has 31 heavy (non-hydrogen) atoms. The molecule has 1 saturated carbocycles. The summed E-state index contributed by atoms with van der Waals surface area (Å²) in [5.74, 6) is 0.522. The Kier molecular flexibility index (Phi) is 5.65. The minimum absolute atomic E-state index is 0.00983. The molecule has 0 unspecified atom stereocenters. The first-order chi connectivity index (χ1) is 14.7. The van der Waals surface area contributed by atoms with E-state index in [1.807, 2.05) is 6.92 Å². The molecule has 0 spiro atoms. The van der Waals surface area contributed by atoms with E-state index in [-0.39, 0.29) is 41.8 Å². The maximum atomic E-state index is 13.1. The van der Waals surface area contributed by atoms with Crippen molar-refractivity contribution in [3.63, 3.8) is 0 Å². The lowest BCUT2D eigenvalue weighted by molar-refractivity contribution is -0.130. The van der Waals surface area contributed by atoms with Crippen LogP contribution in [0, 0.1) is 5.92 Å². The Morgan fingerprint density at radius 3 is 2.58 bits per heavy atom. The summed E-state index contributed by atoms with van der Waals surface area (Å²) in [6, 6.07) is 8.37. The molecule has 1 aromatic heterocycles. The van der Waals surface area contributed by atoms with Gasteiger partial charge in [0, 0.05) is 31.7 Å². The van der Waals surface area contributed by atoms with Crippen LogP contribution in [-0.4, -0.2) is 56.1 Å². The Bertz CT molecular complexity index is 1090. The van der Waals surface area contributed by atoms with E-state index in [2.05, 4.69) is 0 Å². The van der Waals surface area contributed by atoms with Crippen LogP contribution < -0.4 is 4.90 Å². The number of hydrogen-bond donors (Lipinski definition) is 0. The Morgan fingerprint density at radius 2 is 1.94 bits per heavy atom. The lowest BCUT2D eigenvalue weighted by atomic mass is 10.1. The largest absolute Gasteiger partial charge is 0.467 e. The number of anilines is 1. The molecule has 0 saturated heterocycles. The van der Waals surface area contributed by atoms with E-state index >= 15 is 0 Å². The van der Waals surface area contributed by atoms with E-state index in [0.717, 1.165) is 28.4 Å². The van der Waals surface area contributed by atoms with Gasteiger partial charge in [0.05, 0.1) is 24.2 Å². The number of fused-ring (bicyclic) bond motifs is 1. The van der Waals surface area contributed by atoms with Crippen molar-refractivity contribution in [1.29, 1.82) is 0 Å². The fourth-order valence-corrected chi connectivity index (χ4v) is 5.10. The zero-order chi connectivity index (χ0) is 22.3. The second-order valence-electron chi connectivity index (χ2n) is 8.42. The minimum atomic E-state index is -3.85. The molecule has 2 aromatic rings. The van der Waals surface area contributed by atoms with Crippen molar-refractivity contribution in [1.82, 2.24) is 9.21 Å². The van der Waals surface area contributed by atoms with Gasteiger partial charge in [0.1, 0.15) is 5.76 Å². The van der Waals surface area contributed by atoms with E-state index in [1.54, 1.807) is 36.2 Å². The quantitative estimate of drug-likeness (QED) is 0.652. The second kappa shape index (κ2) is 8.12. The molecule has 1 fully saturated rings. The Hall–Kier alpha value is -2.65. The molecule has 9 heteroatoms. The fourth-order valence-electron chi connectivity index (χ4n) is 3.93. The molecule has 166 valence electrons. The minimum Gasteiger partial charge on any atom is -0.467 e. The summed E-state index contributed by atoms with van der Waals surface area (Å²) in [7, 11) is -0.851. The lowest BCUT2D eigenvalue weighted by Gasteiger charge is -2.23. The molecule has 1 aliphatic carbocycles. The third-order valence-electron chi connectivity index (χ3n) is 5.90. The Labute approximate surface area is 182 Å². The molecule has 1 aliphatic heterocycles. The Morgan fingerprint density at radius 1 is 1.19 bits per heavy atom. The van der Waals surface area contributed by atoms with Gasteiger partial charge in [-0.15, -0.1) is 0 Å². The van der Waals surface area contributed by atoms with Crippen LogP contribution in [0.4, 0.5) is 5.69 Å². The molecule has 0 radical (unpaired) electrons. The van der Waals surface area contributed by atoms with Crippen LogP contribution in [0.2, 0.25) is 0 Å². The molecule has 2 aliphatic rings. The number of hydrogen-bond acceptors (Lipinski definition) is 5. The zero-order valence-electron chi connectivity index (χ0n) is 17.9. The van der Waals surface area contributed by atoms with Gasteiger partial charge in [0.15, 0.2) is 0 Å². The van der Waals surface area contributed by atoms with Crippen LogP contribution >= 0.6 is 0 Å². The highest BCUT2D eigenvalue weighted by molar-refractivity contribution is 7.89. The molecule has 0 bridgehead atoms. The first-order valence-corrected chi connectivity index (χ1v) is 11.8. The van der Waals surface area contributed by atoms with Crippen molar-refractivity contribution in [3.8, 4) is 0 Å². The third kappa shape index (κ3) is 4.24. The van der Waals surface area contributed by atoms with E-state index in [1.165, 1.54) is 24.3 Å². The van der Waals surface area contributed by atoms with E-state index in [9.17, 15) is 18.0 Å². The number of benzene rings is 1. The van der Waals surface area contributed by atoms with Crippen molar-refractivity contribution in [2.45, 2.75) is 43.7 Å². The zero-order valence-corrected chi connectivity index (χ0v) is 18.8. The van der Waals surface area contributed by atoms with Gasteiger partial charge in [-0.05, 0) is 62.1 Å². The van der Waals surface area contributed by atoms with Gasteiger partial charge in [-0.25, -0.2) is 8.42 Å². The smallest absolute Gasteiger partial charge is 0.243 e. The molecule has 1 aromatic carbocycles. The van der Waals surface area contributed by atoms with Crippen molar-refractivity contribution >= 4 is 27.5 Å². The summed E-state index contributed by atoms with van der Waals surface area (Å²) in [4.78, 5) is 28.5. The number of likely N-dealkylation sites (N-methyl/N-ethyl adjacent to an activating group) is 2. The van der Waals surface area contributed by atoms with Gasteiger partial charge < -0.3 is 14.2 Å². The average molecular weight is 446 g/mol. The van der Waals surface area contributed by atoms with E-state index in [0.29, 0.717) is 12.2 Å². The monoisotopic (exact) mass is 445 g/mol. The molecule has 8 nitrogen and oxygen atoms in total. The molecular weight excluding hydrogens is 418 g/mol. The highest BCUT2D eigenvalue weighted by Gasteiger charge is 2.40. The number of rotatable bonds is 7. The van der Waals surface area contributed by atoms with E-state index < -0.39 is 10.0 Å². The van der Waals surface area contributed by atoms with Crippen molar-refractivity contribution in [2.75, 3.05) is 25.5 Å². The highest BCUT2D eigenvalue weighted by atomic mass is 32.2. The molecule has 0 N–H and O–H groups in total. The van der Waals surface area contributed by atoms with Gasteiger partial charge >= 0.3 is 0 Å². The predicted molar refractivity (Wildman–Crippen MR) is 115 cm³/mol. The number of carbonyl (C=O) groups excluding carboxylic acids is 2. The molecule has 2 heterocycles. The van der Waals surface area contributed by atoms with Gasteiger partial charge in [-0.3, -0.25) is 9.59 Å². The summed E-state index contributed by atoms with van der Waals surface area (Å²) in [5.41, 5.74) is 1.64. The van der Waals surface area contributed by atoms with Crippen molar-refractivity contribution < 1.29 is 22.4 Å². The average Bonchev–Trinajstić information content (AvgIpc) is 3.35. The summed E-state index contributed by atoms with van der Waals surface area (Å²) >= 11 is 0. The normalized spacial score (nSPS) is 18.3. The maximum absolute atomic E-state index is 13.1. The molecule has 4 rings (SSSR count). The first-order valence-electron chi connectivity index (χ1n) is 10.4. The summed E-state index contributed by atoms with van der Waals surface area (Å²) in [6.07, 6.45) is 4.00. The SMILES string of the molecule is C[C@H]1Cc2cc(S(=O)(=O)N(C)CC(=O)N(C)Cc3ccco3)ccc2N1C(=O)C1CC1. The third-order valence-corrected chi connectivity index (χ3v) is 7.69. The van der Waals surface area contributed by atoms with Gasteiger partial charge in [-0.2, -0.15) is 4.31 Å². The summed E-state index contributed by atoms with van der Waals surface area (Å²) < 4.78 is 32.5. The fraction of sp³-hybridized carbons (Fsp3) is 0.455. The molecular formula is C22H27N3O5S. The van der Waals surface area contributed by atoms with Crippen LogP contribution in [0.3, 0.4) is 0 Å². The van der Waals surface area contributed by atoms with Crippen LogP contribution in [-0.2, 0) is 32.6 Å². The van der Waals surface area contributed by atoms with E-state index in [4.69, 9.17) is 4.42 Å². The van der Waals surface area contributed by atoms with Crippen LogP contribution in [0.1, 0.15) is 31.1 Å². The van der Waals surface area contributed by atoms with Gasteiger partial charge in [0.2, 0.25) is 21.8 Å². The van der Waals surface area contributed by atoms with Crippen LogP contribution in [0.15, 0.2) is 45.9 Å². The standard InChI is InChI=1S/C22H27N3O5S/c1-15-11-17-12-19(8-9-20(17)25(15)22(27)16-6-7-16)31(28,29)24(3)14-21(26)23(2)13-18-5-4-10-30-18/h4-5,8-10,12,15-16H,6-7,11,13-14H2,1-3H3/t15-/m0/s1.